The van der Waals surface area contributed by atoms with Gasteiger partial charge in [-0.1, -0.05) is 19.6 Å². The molecule has 5 rings (SSSR count). The van der Waals surface area contributed by atoms with E-state index in [2.05, 4.69) is 42.2 Å². The number of hydrogen-bond donors (Lipinski definition) is 0. The Kier molecular flexibility index (Phi) is 6.80. The minimum atomic E-state index is -1.23. The van der Waals surface area contributed by atoms with Crippen LogP contribution in [0.15, 0.2) is 6.07 Å². The average Bonchev–Trinajstić information content (AvgIpc) is 3.09. The zero-order chi connectivity index (χ0) is 27.5. The van der Waals surface area contributed by atoms with Gasteiger partial charge in [0.1, 0.15) is 5.60 Å². The van der Waals surface area contributed by atoms with E-state index in [1.807, 2.05) is 30.6 Å². The summed E-state index contributed by atoms with van der Waals surface area (Å²) < 4.78 is 13.4. The molecule has 2 aliphatic carbocycles. The average molecular weight is 546 g/mol. The maximum absolute atomic E-state index is 12.8. The molecule has 0 radical (unpaired) electrons. The molecule has 9 nitrogen and oxygen atoms in total. The van der Waals surface area contributed by atoms with Gasteiger partial charge in [0.05, 0.1) is 18.2 Å². The molecular formula is C28H47N5O4Si. The van der Waals surface area contributed by atoms with Crippen LogP contribution in [0.3, 0.4) is 0 Å². The molecule has 0 N–H and O–H groups in total. The van der Waals surface area contributed by atoms with E-state index in [0.717, 1.165) is 63.7 Å². The van der Waals surface area contributed by atoms with Gasteiger partial charge in [-0.3, -0.25) is 4.68 Å². The minimum absolute atomic E-state index is 0.0234. The summed E-state index contributed by atoms with van der Waals surface area (Å²) in [5, 5.41) is 5.11. The van der Waals surface area contributed by atoms with Crippen molar-refractivity contribution in [2.24, 2.45) is 5.41 Å². The van der Waals surface area contributed by atoms with Crippen molar-refractivity contribution in [3.8, 4) is 0 Å². The summed E-state index contributed by atoms with van der Waals surface area (Å²) in [5.74, 6) is 1.04. The molecule has 0 bridgehead atoms. The zero-order valence-electron chi connectivity index (χ0n) is 24.5. The maximum atomic E-state index is 12.8. The molecular weight excluding hydrogens is 498 g/mol. The van der Waals surface area contributed by atoms with Crippen LogP contribution in [0.4, 0.5) is 15.4 Å². The number of amides is 2. The molecule has 0 aromatic carbocycles. The number of hydrogen-bond acceptors (Lipinski definition) is 6. The zero-order valence-corrected chi connectivity index (χ0v) is 25.5. The van der Waals surface area contributed by atoms with E-state index in [1.165, 1.54) is 12.1 Å². The van der Waals surface area contributed by atoms with Crippen LogP contribution in [0, 0.1) is 12.3 Å². The van der Waals surface area contributed by atoms with Gasteiger partial charge in [-0.05, 0) is 65.8 Å². The lowest BCUT2D eigenvalue weighted by atomic mass is 9.61. The monoisotopic (exact) mass is 545 g/mol. The van der Waals surface area contributed by atoms with Crippen LogP contribution in [0.25, 0.3) is 0 Å². The molecule has 10 heteroatoms. The Balaban J connectivity index is 1.17. The van der Waals surface area contributed by atoms with Crippen LogP contribution in [0.5, 0.6) is 0 Å². The topological polar surface area (TPSA) is 80.1 Å². The Labute approximate surface area is 228 Å². The van der Waals surface area contributed by atoms with Crippen molar-refractivity contribution in [3.63, 3.8) is 0 Å². The van der Waals surface area contributed by atoms with E-state index >= 15 is 0 Å². The number of aryl methyl sites for hydroxylation is 1. The quantitative estimate of drug-likeness (QED) is 0.468. The Hall–Kier alpha value is -2.23. The van der Waals surface area contributed by atoms with Crippen LogP contribution < -0.4 is 4.90 Å². The van der Waals surface area contributed by atoms with E-state index in [4.69, 9.17) is 14.6 Å². The van der Waals surface area contributed by atoms with E-state index < -0.39 is 13.7 Å². The lowest BCUT2D eigenvalue weighted by Crippen LogP contribution is -2.67. The number of nitrogens with zero attached hydrogens (tertiary/aromatic N) is 5. The van der Waals surface area contributed by atoms with Crippen LogP contribution in [0.1, 0.15) is 64.6 Å². The molecule has 2 saturated carbocycles. The van der Waals surface area contributed by atoms with Crippen LogP contribution in [0.2, 0.25) is 25.7 Å². The predicted octanol–water partition coefficient (Wildman–Crippen LogP) is 5.28. The van der Waals surface area contributed by atoms with Crippen molar-refractivity contribution in [3.05, 3.63) is 11.8 Å². The third-order valence-electron chi connectivity index (χ3n) is 8.84. The summed E-state index contributed by atoms with van der Waals surface area (Å²) in [6.07, 6.45) is 5.11. The molecule has 2 amide bonds. The molecule has 1 aromatic rings. The molecule has 38 heavy (non-hydrogen) atoms. The Morgan fingerprint density at radius 3 is 2.32 bits per heavy atom. The van der Waals surface area contributed by atoms with Crippen molar-refractivity contribution in [2.75, 3.05) is 44.2 Å². The summed E-state index contributed by atoms with van der Waals surface area (Å²) in [7, 11) is -1.23. The molecule has 0 atom stereocenters. The number of piperazine rings is 1. The smallest absolute Gasteiger partial charge is 0.410 e. The number of rotatable bonds is 5. The highest BCUT2D eigenvalue weighted by molar-refractivity contribution is 6.76. The fourth-order valence-electron chi connectivity index (χ4n) is 6.60. The van der Waals surface area contributed by atoms with Gasteiger partial charge in [-0.25, -0.2) is 9.59 Å². The van der Waals surface area contributed by atoms with Crippen LogP contribution >= 0.6 is 0 Å². The number of aromatic nitrogens is 2. The van der Waals surface area contributed by atoms with Gasteiger partial charge in [0.15, 0.2) is 5.82 Å². The predicted molar refractivity (Wildman–Crippen MR) is 150 cm³/mol. The molecule has 212 valence electrons. The van der Waals surface area contributed by atoms with Crippen molar-refractivity contribution in [1.82, 2.24) is 19.6 Å². The van der Waals surface area contributed by atoms with E-state index in [-0.39, 0.29) is 23.1 Å². The number of carbonyl (C=O) groups excluding carboxylic acids is 2. The Bertz CT molecular complexity index is 1060. The van der Waals surface area contributed by atoms with E-state index in [0.29, 0.717) is 19.2 Å². The van der Waals surface area contributed by atoms with Crippen LogP contribution in [-0.4, -0.2) is 90.3 Å². The molecule has 4 fully saturated rings. The SMILES string of the molecule is Cc1cc(N2CCN(C(=O)OCC[Si](C)(C)C)CC23CCC3)nn1C1CC2(C1)CN(C(=O)OC(C)(C)C)C2. The summed E-state index contributed by atoms with van der Waals surface area (Å²) in [6, 6.07) is 3.60. The van der Waals surface area contributed by atoms with Crippen molar-refractivity contribution < 1.29 is 19.1 Å². The van der Waals surface area contributed by atoms with Gasteiger partial charge >= 0.3 is 12.2 Å². The highest BCUT2D eigenvalue weighted by atomic mass is 28.3. The molecule has 2 saturated heterocycles. The Morgan fingerprint density at radius 2 is 1.74 bits per heavy atom. The summed E-state index contributed by atoms with van der Waals surface area (Å²) in [4.78, 5) is 31.4. The third kappa shape index (κ3) is 5.42. The summed E-state index contributed by atoms with van der Waals surface area (Å²) in [5.41, 5.74) is 0.925. The van der Waals surface area contributed by atoms with Gasteiger partial charge in [-0.15, -0.1) is 0 Å². The third-order valence-corrected chi connectivity index (χ3v) is 10.5. The standard InChI is InChI=1S/C28H47N5O4Si/c1-21-15-23(29-33(21)22-16-27(17-22)18-31(19-27)25(35)37-26(2,3)4)32-12-11-30(20-28(32)9-8-10-28)24(34)36-13-14-38(5,6)7/h15,22H,8-14,16-20H2,1-7H3. The molecule has 1 aromatic heterocycles. The minimum Gasteiger partial charge on any atom is -0.450 e. The number of anilines is 1. The second kappa shape index (κ2) is 9.45. The normalized spacial score (nSPS) is 22.7. The number of likely N-dealkylation sites (tertiary alicyclic amines) is 1. The van der Waals surface area contributed by atoms with Crippen molar-refractivity contribution in [2.45, 2.75) is 103 Å². The first-order valence-electron chi connectivity index (χ1n) is 14.4. The highest BCUT2D eigenvalue weighted by Crippen LogP contribution is 2.54. The first kappa shape index (κ1) is 27.3. The number of ether oxygens (including phenoxy) is 2. The second-order valence-electron chi connectivity index (χ2n) is 14.6. The Morgan fingerprint density at radius 1 is 1.05 bits per heavy atom. The van der Waals surface area contributed by atoms with Crippen molar-refractivity contribution in [1.29, 1.82) is 0 Å². The first-order valence-corrected chi connectivity index (χ1v) is 18.1. The molecule has 3 heterocycles. The lowest BCUT2D eigenvalue weighted by molar-refractivity contribution is -0.0931. The van der Waals surface area contributed by atoms with Gasteiger partial charge in [0.2, 0.25) is 0 Å². The highest BCUT2D eigenvalue weighted by Gasteiger charge is 2.56. The summed E-state index contributed by atoms with van der Waals surface area (Å²) in [6.45, 7) is 19.1. The van der Waals surface area contributed by atoms with E-state index in [1.54, 1.807) is 0 Å². The van der Waals surface area contributed by atoms with Gasteiger partial charge in [-0.2, -0.15) is 5.10 Å². The second-order valence-corrected chi connectivity index (χ2v) is 20.2. The fraction of sp³-hybridized carbons (Fsp3) is 0.821. The maximum Gasteiger partial charge on any atom is 0.410 e. The van der Waals surface area contributed by atoms with Gasteiger partial charge in [0.25, 0.3) is 0 Å². The largest absolute Gasteiger partial charge is 0.450 e. The molecule has 2 aliphatic heterocycles. The first-order chi connectivity index (χ1) is 17.7. The molecule has 4 aliphatic rings. The van der Waals surface area contributed by atoms with Gasteiger partial charge < -0.3 is 24.2 Å². The van der Waals surface area contributed by atoms with Gasteiger partial charge in [0, 0.05) is 58.0 Å². The molecule has 0 unspecified atom stereocenters. The molecule has 2 spiro atoms. The lowest BCUT2D eigenvalue weighted by Gasteiger charge is -2.58. The number of carbonyl (C=O) groups is 2. The van der Waals surface area contributed by atoms with E-state index in [9.17, 15) is 9.59 Å². The van der Waals surface area contributed by atoms with Crippen LogP contribution in [-0.2, 0) is 9.47 Å². The summed E-state index contributed by atoms with van der Waals surface area (Å²) >= 11 is 0. The fourth-order valence-corrected chi connectivity index (χ4v) is 7.32. The van der Waals surface area contributed by atoms with Crippen molar-refractivity contribution >= 4 is 26.1 Å².